The first kappa shape index (κ1) is 16.2. The Morgan fingerprint density at radius 2 is 1.86 bits per heavy atom. The van der Waals surface area contributed by atoms with E-state index in [1.807, 2.05) is 30.3 Å². The lowest BCUT2D eigenvalue weighted by atomic mass is 9.98. The van der Waals surface area contributed by atoms with Crippen LogP contribution in [0.2, 0.25) is 0 Å². The quantitative estimate of drug-likeness (QED) is 0.718. The predicted molar refractivity (Wildman–Crippen MR) is 89.9 cm³/mol. The maximum Gasteiger partial charge on any atom is 0.142 e. The zero-order valence-corrected chi connectivity index (χ0v) is 13.9. The molecule has 0 saturated heterocycles. The Morgan fingerprint density at radius 3 is 2.57 bits per heavy atom. The van der Waals surface area contributed by atoms with E-state index in [2.05, 4.69) is 40.3 Å². The molecular weight excluding hydrogens is 329 g/mol. The van der Waals surface area contributed by atoms with Crippen LogP contribution in [0.15, 0.2) is 53.0 Å². The summed E-state index contributed by atoms with van der Waals surface area (Å²) in [6.45, 7) is 3.02. The van der Waals surface area contributed by atoms with Crippen LogP contribution < -0.4 is 5.32 Å². The molecular formula is C18H21BrFN. The molecule has 0 aliphatic rings. The summed E-state index contributed by atoms with van der Waals surface area (Å²) in [6, 6.07) is 15.9. The zero-order chi connectivity index (χ0) is 15.1. The molecule has 2 aromatic carbocycles. The molecule has 0 aliphatic heterocycles. The lowest BCUT2D eigenvalue weighted by molar-refractivity contribution is 0.472. The smallest absolute Gasteiger partial charge is 0.142 e. The van der Waals surface area contributed by atoms with Crippen molar-refractivity contribution < 1.29 is 4.39 Å². The highest BCUT2D eigenvalue weighted by atomic mass is 79.9. The second-order valence-electron chi connectivity index (χ2n) is 5.17. The van der Waals surface area contributed by atoms with Gasteiger partial charge in [-0.2, -0.15) is 0 Å². The van der Waals surface area contributed by atoms with Crippen molar-refractivity contribution >= 4 is 15.9 Å². The van der Waals surface area contributed by atoms with Crippen LogP contribution in [0.25, 0.3) is 0 Å². The molecule has 2 aromatic rings. The molecule has 1 N–H and O–H groups in total. The minimum atomic E-state index is -0.154. The van der Waals surface area contributed by atoms with Crippen LogP contribution >= 0.6 is 15.9 Å². The molecule has 0 aliphatic carbocycles. The van der Waals surface area contributed by atoms with Crippen LogP contribution in [-0.2, 0) is 6.42 Å². The van der Waals surface area contributed by atoms with Crippen LogP contribution in [0.4, 0.5) is 4.39 Å². The SMILES string of the molecule is CCCNC(CCc1ccccc1)c1cccc(Br)c1F. The number of hydrogen-bond acceptors (Lipinski definition) is 1. The Hall–Kier alpha value is -1.19. The number of hydrogen-bond donors (Lipinski definition) is 1. The Bertz CT molecular complexity index is 556. The maximum atomic E-state index is 14.3. The Balaban J connectivity index is 2.12. The van der Waals surface area contributed by atoms with Crippen molar-refractivity contribution in [2.45, 2.75) is 32.2 Å². The van der Waals surface area contributed by atoms with Crippen molar-refractivity contribution in [1.29, 1.82) is 0 Å². The van der Waals surface area contributed by atoms with Crippen molar-refractivity contribution in [2.24, 2.45) is 0 Å². The summed E-state index contributed by atoms with van der Waals surface area (Å²) in [5.74, 6) is -0.154. The fourth-order valence-corrected chi connectivity index (χ4v) is 2.81. The Labute approximate surface area is 134 Å². The topological polar surface area (TPSA) is 12.0 Å². The van der Waals surface area contributed by atoms with Gasteiger partial charge in [-0.05, 0) is 53.4 Å². The summed E-state index contributed by atoms with van der Waals surface area (Å²) in [5, 5.41) is 3.46. The van der Waals surface area contributed by atoms with Gasteiger partial charge >= 0.3 is 0 Å². The van der Waals surface area contributed by atoms with E-state index in [4.69, 9.17) is 0 Å². The van der Waals surface area contributed by atoms with Gasteiger partial charge in [0.25, 0.3) is 0 Å². The van der Waals surface area contributed by atoms with Crippen LogP contribution in [0, 0.1) is 5.82 Å². The number of halogens is 2. The Morgan fingerprint density at radius 1 is 1.10 bits per heavy atom. The third-order valence-corrected chi connectivity index (χ3v) is 4.17. The maximum absolute atomic E-state index is 14.3. The molecule has 0 spiro atoms. The molecule has 112 valence electrons. The van der Waals surface area contributed by atoms with Gasteiger partial charge in [0.2, 0.25) is 0 Å². The monoisotopic (exact) mass is 349 g/mol. The van der Waals surface area contributed by atoms with E-state index in [1.165, 1.54) is 5.56 Å². The fourth-order valence-electron chi connectivity index (χ4n) is 2.43. The van der Waals surface area contributed by atoms with E-state index in [1.54, 1.807) is 6.07 Å². The van der Waals surface area contributed by atoms with Gasteiger partial charge in [-0.1, -0.05) is 49.4 Å². The standard InChI is InChI=1S/C18H21BrFN/c1-2-13-21-17(12-11-14-7-4-3-5-8-14)15-9-6-10-16(19)18(15)20/h3-10,17,21H,2,11-13H2,1H3. The molecule has 1 nitrogen and oxygen atoms in total. The molecule has 0 heterocycles. The van der Waals surface area contributed by atoms with Crippen LogP contribution in [-0.4, -0.2) is 6.54 Å². The molecule has 1 atom stereocenters. The van der Waals surface area contributed by atoms with Gasteiger partial charge in [-0.3, -0.25) is 0 Å². The molecule has 0 radical (unpaired) electrons. The first-order valence-corrected chi connectivity index (χ1v) is 8.23. The summed E-state index contributed by atoms with van der Waals surface area (Å²) in [6.07, 6.45) is 2.86. The predicted octanol–water partition coefficient (Wildman–Crippen LogP) is 5.26. The van der Waals surface area contributed by atoms with Crippen molar-refractivity contribution in [2.75, 3.05) is 6.54 Å². The van der Waals surface area contributed by atoms with Gasteiger partial charge < -0.3 is 5.32 Å². The van der Waals surface area contributed by atoms with Crippen molar-refractivity contribution in [3.05, 3.63) is 69.9 Å². The molecule has 0 fully saturated rings. The summed E-state index contributed by atoms with van der Waals surface area (Å²) < 4.78 is 14.8. The molecule has 0 saturated carbocycles. The molecule has 3 heteroatoms. The summed E-state index contributed by atoms with van der Waals surface area (Å²) in [5.41, 5.74) is 2.03. The summed E-state index contributed by atoms with van der Waals surface area (Å²) >= 11 is 3.28. The highest BCUT2D eigenvalue weighted by Gasteiger charge is 2.16. The van der Waals surface area contributed by atoms with E-state index in [9.17, 15) is 4.39 Å². The van der Waals surface area contributed by atoms with Gasteiger partial charge in [0.15, 0.2) is 0 Å². The highest BCUT2D eigenvalue weighted by molar-refractivity contribution is 9.10. The first-order valence-electron chi connectivity index (χ1n) is 7.43. The molecule has 0 bridgehead atoms. The van der Waals surface area contributed by atoms with E-state index < -0.39 is 0 Å². The zero-order valence-electron chi connectivity index (χ0n) is 12.3. The average Bonchev–Trinajstić information content (AvgIpc) is 2.52. The third-order valence-electron chi connectivity index (χ3n) is 3.56. The van der Waals surface area contributed by atoms with Gasteiger partial charge in [0, 0.05) is 11.6 Å². The second-order valence-corrected chi connectivity index (χ2v) is 6.03. The molecule has 21 heavy (non-hydrogen) atoms. The van der Waals surface area contributed by atoms with Crippen LogP contribution in [0.5, 0.6) is 0 Å². The van der Waals surface area contributed by atoms with E-state index in [-0.39, 0.29) is 11.9 Å². The van der Waals surface area contributed by atoms with Crippen molar-refractivity contribution in [3.63, 3.8) is 0 Å². The second kappa shape index (κ2) is 8.30. The van der Waals surface area contributed by atoms with Crippen molar-refractivity contribution in [3.8, 4) is 0 Å². The Kier molecular flexibility index (Phi) is 6.40. The normalized spacial score (nSPS) is 12.3. The van der Waals surface area contributed by atoms with E-state index in [0.29, 0.717) is 4.47 Å². The van der Waals surface area contributed by atoms with Gasteiger partial charge in [0.1, 0.15) is 5.82 Å². The van der Waals surface area contributed by atoms with E-state index >= 15 is 0 Å². The van der Waals surface area contributed by atoms with Crippen molar-refractivity contribution in [1.82, 2.24) is 5.32 Å². The highest BCUT2D eigenvalue weighted by Crippen LogP contribution is 2.26. The number of nitrogens with one attached hydrogen (secondary N) is 1. The van der Waals surface area contributed by atoms with Gasteiger partial charge in [-0.15, -0.1) is 0 Å². The number of rotatable bonds is 7. The molecule has 0 aromatic heterocycles. The van der Waals surface area contributed by atoms with Gasteiger partial charge in [0.05, 0.1) is 4.47 Å². The largest absolute Gasteiger partial charge is 0.310 e. The lowest BCUT2D eigenvalue weighted by Crippen LogP contribution is -2.23. The number of aryl methyl sites for hydroxylation is 1. The average molecular weight is 350 g/mol. The van der Waals surface area contributed by atoms with Gasteiger partial charge in [-0.25, -0.2) is 4.39 Å². The molecule has 1 unspecified atom stereocenters. The van der Waals surface area contributed by atoms with Crippen LogP contribution in [0.3, 0.4) is 0 Å². The van der Waals surface area contributed by atoms with Crippen LogP contribution in [0.1, 0.15) is 36.9 Å². The third kappa shape index (κ3) is 4.65. The summed E-state index contributed by atoms with van der Waals surface area (Å²) in [4.78, 5) is 0. The summed E-state index contributed by atoms with van der Waals surface area (Å²) in [7, 11) is 0. The minimum absolute atomic E-state index is 0.0441. The molecule has 0 amide bonds. The molecule has 2 rings (SSSR count). The minimum Gasteiger partial charge on any atom is -0.310 e. The fraction of sp³-hybridized carbons (Fsp3) is 0.333. The van der Waals surface area contributed by atoms with E-state index in [0.717, 1.165) is 31.4 Å². The lowest BCUT2D eigenvalue weighted by Gasteiger charge is -2.20. The number of benzene rings is 2. The first-order chi connectivity index (χ1) is 10.2.